The number of hydrogen-bond donors (Lipinski definition) is 0. The zero-order chi connectivity index (χ0) is 38.3. The van der Waals surface area contributed by atoms with Crippen molar-refractivity contribution in [1.82, 2.24) is 0 Å². The molecule has 0 aliphatic heterocycles. The van der Waals surface area contributed by atoms with Crippen LogP contribution in [0.25, 0.3) is 11.1 Å². The SMILES string of the molecule is COc1ccc(C(=O)C(=O)c2cc(-c3cc(C(=O)C(=O)c4ccc(OC)c(OC)c4)c(OC)c(OC)c3OC)c(OC)c(OC)c2OC)cc1OC. The number of Topliss-reactive ketones (excluding diaryl/α,β-unsaturated/α-hetero) is 4. The monoisotopic (exact) mass is 718 g/mol. The molecule has 0 saturated heterocycles. The lowest BCUT2D eigenvalue weighted by Crippen LogP contribution is -2.17. The third-order valence-electron chi connectivity index (χ3n) is 8.09. The zero-order valence-electron chi connectivity index (χ0n) is 30.3. The van der Waals surface area contributed by atoms with Gasteiger partial charge in [0.05, 0.1) is 82.2 Å². The molecular formula is C38H38O14. The summed E-state index contributed by atoms with van der Waals surface area (Å²) in [6, 6.07) is 11.2. The van der Waals surface area contributed by atoms with Gasteiger partial charge in [0, 0.05) is 22.3 Å². The first-order chi connectivity index (χ1) is 25.0. The van der Waals surface area contributed by atoms with Crippen molar-refractivity contribution >= 4 is 23.1 Å². The molecule has 4 aromatic rings. The highest BCUT2D eigenvalue weighted by molar-refractivity contribution is 6.50. The Balaban J connectivity index is 2.01. The lowest BCUT2D eigenvalue weighted by atomic mass is 9.91. The Bertz CT molecular complexity index is 1890. The summed E-state index contributed by atoms with van der Waals surface area (Å²) >= 11 is 0. The minimum atomic E-state index is -0.981. The highest BCUT2D eigenvalue weighted by Crippen LogP contribution is 2.53. The maximum Gasteiger partial charge on any atom is 0.237 e. The molecule has 0 aromatic heterocycles. The number of carbonyl (C=O) groups is 4. The molecule has 0 unspecified atom stereocenters. The van der Waals surface area contributed by atoms with E-state index in [-0.39, 0.29) is 79.4 Å². The second-order valence-corrected chi connectivity index (χ2v) is 10.6. The fourth-order valence-corrected chi connectivity index (χ4v) is 5.63. The normalized spacial score (nSPS) is 10.4. The van der Waals surface area contributed by atoms with E-state index in [1.165, 1.54) is 120 Å². The Morgan fingerprint density at radius 3 is 0.904 bits per heavy atom. The molecule has 52 heavy (non-hydrogen) atoms. The average Bonchev–Trinajstić information content (AvgIpc) is 3.19. The van der Waals surface area contributed by atoms with Crippen LogP contribution in [-0.2, 0) is 0 Å². The van der Waals surface area contributed by atoms with Crippen molar-refractivity contribution in [3.63, 3.8) is 0 Å². The molecule has 4 rings (SSSR count). The number of hydrogen-bond acceptors (Lipinski definition) is 14. The second kappa shape index (κ2) is 16.5. The summed E-state index contributed by atoms with van der Waals surface area (Å²) in [5, 5.41) is 0. The molecule has 0 bridgehead atoms. The summed E-state index contributed by atoms with van der Waals surface area (Å²) in [5.41, 5.74) is -0.220. The average molecular weight is 719 g/mol. The van der Waals surface area contributed by atoms with Crippen molar-refractivity contribution in [2.24, 2.45) is 0 Å². The summed E-state index contributed by atoms with van der Waals surface area (Å²) in [6.45, 7) is 0. The Morgan fingerprint density at radius 2 is 0.635 bits per heavy atom. The molecule has 0 spiro atoms. The van der Waals surface area contributed by atoms with Crippen LogP contribution in [0.2, 0.25) is 0 Å². The fourth-order valence-electron chi connectivity index (χ4n) is 5.63. The largest absolute Gasteiger partial charge is 0.493 e. The van der Waals surface area contributed by atoms with Gasteiger partial charge in [0.2, 0.25) is 34.6 Å². The van der Waals surface area contributed by atoms with Gasteiger partial charge in [-0.1, -0.05) is 0 Å². The van der Waals surface area contributed by atoms with E-state index in [0.717, 1.165) is 0 Å². The summed E-state index contributed by atoms with van der Waals surface area (Å²) < 4.78 is 55.2. The van der Waals surface area contributed by atoms with Crippen LogP contribution in [0.3, 0.4) is 0 Å². The van der Waals surface area contributed by atoms with Crippen LogP contribution in [0.4, 0.5) is 0 Å². The molecule has 0 atom stereocenters. The molecule has 0 N–H and O–H groups in total. The molecule has 0 fully saturated rings. The predicted molar refractivity (Wildman–Crippen MR) is 188 cm³/mol. The maximum atomic E-state index is 14.0. The molecule has 0 heterocycles. The van der Waals surface area contributed by atoms with Gasteiger partial charge in [0.25, 0.3) is 0 Å². The Labute approximate surface area is 299 Å². The Kier molecular flexibility index (Phi) is 12.2. The highest BCUT2D eigenvalue weighted by atomic mass is 16.5. The van der Waals surface area contributed by atoms with E-state index in [0.29, 0.717) is 11.5 Å². The molecule has 0 radical (unpaired) electrons. The van der Waals surface area contributed by atoms with Crippen LogP contribution in [0.1, 0.15) is 41.4 Å². The van der Waals surface area contributed by atoms with Crippen molar-refractivity contribution in [1.29, 1.82) is 0 Å². The first-order valence-electron chi connectivity index (χ1n) is 15.3. The lowest BCUT2D eigenvalue weighted by molar-refractivity contribution is 0.0814. The topological polar surface area (TPSA) is 161 Å². The molecule has 0 aliphatic rings. The van der Waals surface area contributed by atoms with E-state index in [1.807, 2.05) is 0 Å². The van der Waals surface area contributed by atoms with Crippen molar-refractivity contribution in [2.75, 3.05) is 71.1 Å². The molecule has 0 aliphatic carbocycles. The van der Waals surface area contributed by atoms with Gasteiger partial charge >= 0.3 is 0 Å². The van der Waals surface area contributed by atoms with Crippen LogP contribution < -0.4 is 47.4 Å². The van der Waals surface area contributed by atoms with Crippen LogP contribution in [0.15, 0.2) is 48.5 Å². The fraction of sp³-hybridized carbons (Fsp3) is 0.263. The minimum Gasteiger partial charge on any atom is -0.493 e. The Morgan fingerprint density at radius 1 is 0.327 bits per heavy atom. The molecule has 4 aromatic carbocycles. The number of benzene rings is 4. The second-order valence-electron chi connectivity index (χ2n) is 10.6. The van der Waals surface area contributed by atoms with Crippen molar-refractivity contribution in [3.05, 3.63) is 70.8 Å². The predicted octanol–water partition coefficient (Wildman–Crippen LogP) is 5.57. The number of methoxy groups -OCH3 is 10. The number of ether oxygens (including phenoxy) is 10. The van der Waals surface area contributed by atoms with Gasteiger partial charge in [-0.3, -0.25) is 19.2 Å². The molecule has 0 amide bonds. The summed E-state index contributed by atoms with van der Waals surface area (Å²) in [4.78, 5) is 55.5. The first kappa shape index (κ1) is 38.4. The minimum absolute atomic E-state index is 0.00583. The number of ketones is 4. The summed E-state index contributed by atoms with van der Waals surface area (Å²) in [6.07, 6.45) is 0. The maximum absolute atomic E-state index is 14.0. The van der Waals surface area contributed by atoms with E-state index in [4.69, 9.17) is 47.4 Å². The van der Waals surface area contributed by atoms with Gasteiger partial charge < -0.3 is 47.4 Å². The van der Waals surface area contributed by atoms with Crippen LogP contribution >= 0.6 is 0 Å². The van der Waals surface area contributed by atoms with Crippen LogP contribution in [0, 0.1) is 0 Å². The van der Waals surface area contributed by atoms with E-state index in [9.17, 15) is 19.2 Å². The molecular weight excluding hydrogens is 680 g/mol. The zero-order valence-corrected chi connectivity index (χ0v) is 30.3. The highest BCUT2D eigenvalue weighted by Gasteiger charge is 2.34. The Hall–Kier alpha value is -6.44. The van der Waals surface area contributed by atoms with E-state index in [1.54, 1.807) is 0 Å². The molecule has 0 saturated carbocycles. The smallest absolute Gasteiger partial charge is 0.237 e. The summed E-state index contributed by atoms with van der Waals surface area (Å²) in [5.74, 6) is -2.88. The van der Waals surface area contributed by atoms with Crippen LogP contribution in [-0.4, -0.2) is 94.2 Å². The van der Waals surface area contributed by atoms with Gasteiger partial charge in [0.15, 0.2) is 46.0 Å². The van der Waals surface area contributed by atoms with Crippen molar-refractivity contribution < 1.29 is 66.5 Å². The quantitative estimate of drug-likeness (QED) is 0.0984. The molecule has 274 valence electrons. The van der Waals surface area contributed by atoms with E-state index < -0.39 is 23.1 Å². The van der Waals surface area contributed by atoms with Crippen molar-refractivity contribution in [3.8, 4) is 68.6 Å². The summed E-state index contributed by atoms with van der Waals surface area (Å²) in [7, 11) is 13.6. The lowest BCUT2D eigenvalue weighted by Gasteiger charge is -2.22. The number of rotatable bonds is 17. The van der Waals surface area contributed by atoms with Gasteiger partial charge in [-0.05, 0) is 48.5 Å². The van der Waals surface area contributed by atoms with Gasteiger partial charge in [-0.15, -0.1) is 0 Å². The third kappa shape index (κ3) is 6.82. The van der Waals surface area contributed by atoms with Gasteiger partial charge in [0.1, 0.15) is 0 Å². The number of carbonyl (C=O) groups excluding carboxylic acids is 4. The van der Waals surface area contributed by atoms with Crippen molar-refractivity contribution in [2.45, 2.75) is 0 Å². The standard InChI is InChI=1S/C38H38O14/c1-43-25-13-11-19(15-27(25)45-3)29(39)31(41)23-17-21(33(47-5)37(51-9)35(23)49-7)22-18-24(36(50-8)38(52-10)34(22)48-6)32(42)30(40)20-12-14-26(44-2)28(16-20)46-4/h11-18H,1-10H3. The van der Waals surface area contributed by atoms with Gasteiger partial charge in [-0.25, -0.2) is 0 Å². The van der Waals surface area contributed by atoms with Crippen LogP contribution in [0.5, 0.6) is 57.5 Å². The van der Waals surface area contributed by atoms with E-state index in [2.05, 4.69) is 0 Å². The molecule has 14 nitrogen and oxygen atoms in total. The van der Waals surface area contributed by atoms with E-state index >= 15 is 0 Å². The molecule has 14 heteroatoms. The van der Waals surface area contributed by atoms with Gasteiger partial charge in [-0.2, -0.15) is 0 Å². The third-order valence-corrected chi connectivity index (χ3v) is 8.09. The first-order valence-corrected chi connectivity index (χ1v) is 15.3.